The Morgan fingerprint density at radius 3 is 1.45 bits per heavy atom. The summed E-state index contributed by atoms with van der Waals surface area (Å²) in [6.45, 7) is 2.54. The van der Waals surface area contributed by atoms with E-state index in [-0.39, 0.29) is 19.4 Å². The van der Waals surface area contributed by atoms with Crippen molar-refractivity contribution in [2.45, 2.75) is 268 Å². The molecular formula is C52H94O15. The Labute approximate surface area is 403 Å². The van der Waals surface area contributed by atoms with E-state index in [1.54, 1.807) is 0 Å². The Morgan fingerprint density at radius 2 is 0.925 bits per heavy atom. The van der Waals surface area contributed by atoms with Crippen LogP contribution in [-0.4, -0.2) is 142 Å². The predicted octanol–water partition coefficient (Wildman–Crippen LogP) is 7.55. The molecule has 0 aliphatic carbocycles. The minimum absolute atomic E-state index is 0.0621. The van der Waals surface area contributed by atoms with E-state index < -0.39 is 99.3 Å². The average molecular weight is 959 g/mol. The van der Waals surface area contributed by atoms with Crippen molar-refractivity contribution in [2.75, 3.05) is 26.4 Å². The van der Waals surface area contributed by atoms with Gasteiger partial charge in [-0.3, -0.25) is 9.59 Å². The first-order valence-corrected chi connectivity index (χ1v) is 26.4. The minimum atomic E-state index is -1.77. The largest absolute Gasteiger partial charge is 0.462 e. The van der Waals surface area contributed by atoms with Crippen LogP contribution in [0, 0.1) is 0 Å². The van der Waals surface area contributed by atoms with Gasteiger partial charge in [0.15, 0.2) is 18.7 Å². The van der Waals surface area contributed by atoms with Gasteiger partial charge in [-0.2, -0.15) is 0 Å². The van der Waals surface area contributed by atoms with Crippen molar-refractivity contribution in [3.8, 4) is 0 Å². The lowest BCUT2D eigenvalue weighted by Crippen LogP contribution is -2.61. The summed E-state index contributed by atoms with van der Waals surface area (Å²) in [6.07, 6.45) is 23.7. The van der Waals surface area contributed by atoms with Crippen LogP contribution in [0.2, 0.25) is 0 Å². The molecule has 0 saturated carbocycles. The topological polar surface area (TPSA) is 231 Å². The van der Waals surface area contributed by atoms with E-state index in [4.69, 9.17) is 28.4 Å². The number of carbonyl (C=O) groups is 2. The predicted molar refractivity (Wildman–Crippen MR) is 257 cm³/mol. The third-order valence-electron chi connectivity index (χ3n) is 12.7. The summed E-state index contributed by atoms with van der Waals surface area (Å²) in [5.74, 6) is -0.995. The van der Waals surface area contributed by atoms with E-state index in [1.807, 2.05) is 12.2 Å². The molecule has 2 aliphatic heterocycles. The molecule has 15 nitrogen and oxygen atoms in total. The molecule has 15 heteroatoms. The van der Waals surface area contributed by atoms with Gasteiger partial charge in [0.2, 0.25) is 0 Å². The summed E-state index contributed by atoms with van der Waals surface area (Å²) in [7, 11) is 0. The molecule has 0 amide bonds. The van der Waals surface area contributed by atoms with Crippen molar-refractivity contribution in [2.24, 2.45) is 0 Å². The van der Waals surface area contributed by atoms with Crippen LogP contribution in [0.15, 0.2) is 24.3 Å². The van der Waals surface area contributed by atoms with E-state index in [0.717, 1.165) is 32.1 Å². The van der Waals surface area contributed by atoms with Gasteiger partial charge in [-0.15, -0.1) is 0 Å². The zero-order valence-electron chi connectivity index (χ0n) is 41.4. The Morgan fingerprint density at radius 1 is 0.478 bits per heavy atom. The molecule has 67 heavy (non-hydrogen) atoms. The third-order valence-corrected chi connectivity index (χ3v) is 12.7. The monoisotopic (exact) mass is 959 g/mol. The maximum Gasteiger partial charge on any atom is 0.306 e. The number of rotatable bonds is 41. The second kappa shape index (κ2) is 39.7. The summed E-state index contributed by atoms with van der Waals surface area (Å²) >= 11 is 0. The number of carbonyl (C=O) groups excluding carboxylic acids is 2. The second-order valence-corrected chi connectivity index (χ2v) is 18.7. The fourth-order valence-corrected chi connectivity index (χ4v) is 8.33. The lowest BCUT2D eigenvalue weighted by Gasteiger charge is -2.42. The van der Waals surface area contributed by atoms with Crippen LogP contribution in [0.25, 0.3) is 0 Å². The zero-order chi connectivity index (χ0) is 48.9. The van der Waals surface area contributed by atoms with Crippen molar-refractivity contribution in [3.63, 3.8) is 0 Å². The maximum absolute atomic E-state index is 12.9. The molecule has 0 aromatic carbocycles. The summed E-state index contributed by atoms with van der Waals surface area (Å²) in [5, 5.41) is 72.0. The highest BCUT2D eigenvalue weighted by Gasteiger charge is 2.47. The fraction of sp³-hybridized carbons (Fsp3) is 0.885. The molecule has 11 atom stereocenters. The molecular weight excluding hydrogens is 865 g/mol. The van der Waals surface area contributed by atoms with Gasteiger partial charge in [0.05, 0.1) is 19.8 Å². The molecule has 2 saturated heterocycles. The Kier molecular flexibility index (Phi) is 36.2. The molecule has 0 aromatic heterocycles. The Balaban J connectivity index is 1.80. The molecule has 0 bridgehead atoms. The van der Waals surface area contributed by atoms with Gasteiger partial charge in [-0.1, -0.05) is 179 Å². The molecule has 2 aliphatic rings. The highest BCUT2D eigenvalue weighted by molar-refractivity contribution is 5.70. The van der Waals surface area contributed by atoms with E-state index in [1.165, 1.54) is 128 Å². The zero-order valence-corrected chi connectivity index (χ0v) is 41.4. The van der Waals surface area contributed by atoms with Gasteiger partial charge in [0.1, 0.15) is 55.4 Å². The van der Waals surface area contributed by atoms with E-state index in [0.29, 0.717) is 12.8 Å². The van der Waals surface area contributed by atoms with Crippen LogP contribution >= 0.6 is 0 Å². The molecule has 2 fully saturated rings. The number of hydrogen-bond donors (Lipinski definition) is 7. The van der Waals surface area contributed by atoms with E-state index >= 15 is 0 Å². The van der Waals surface area contributed by atoms with E-state index in [9.17, 15) is 45.3 Å². The van der Waals surface area contributed by atoms with Gasteiger partial charge in [0.25, 0.3) is 0 Å². The lowest BCUT2D eigenvalue weighted by atomic mass is 9.98. The van der Waals surface area contributed by atoms with Gasteiger partial charge < -0.3 is 64.2 Å². The standard InChI is InChI=1S/C52H94O15/c1-3-5-7-9-11-13-15-17-18-19-20-21-23-24-26-28-30-32-34-43(54)62-37-40(65-44(55)35-33-31-29-27-25-22-16-14-12-10-8-6-4-2)38-63-51-50(61)48(59)46(57)42(67-51)39-64-52-49(60)47(58)45(56)41(36-53)66-52/h22,25,29,31,40-42,45-53,56-61H,3-21,23-24,26-28,30,32-39H2,1-2H3/b25-22+,31-29+/t40?,41-,42-,45+,46+,47?,48?,49?,50?,51-,52-/m1/s1. The van der Waals surface area contributed by atoms with Gasteiger partial charge in [-0.25, -0.2) is 0 Å². The molecule has 0 aromatic rings. The minimum Gasteiger partial charge on any atom is -0.462 e. The van der Waals surface area contributed by atoms with Crippen molar-refractivity contribution in [3.05, 3.63) is 24.3 Å². The van der Waals surface area contributed by atoms with E-state index in [2.05, 4.69) is 26.0 Å². The van der Waals surface area contributed by atoms with Crippen LogP contribution in [0.5, 0.6) is 0 Å². The summed E-state index contributed by atoms with van der Waals surface area (Å²) < 4.78 is 33.5. The van der Waals surface area contributed by atoms with Crippen molar-refractivity contribution in [1.29, 1.82) is 0 Å². The smallest absolute Gasteiger partial charge is 0.306 e. The highest BCUT2D eigenvalue weighted by atomic mass is 16.7. The molecule has 5 unspecified atom stereocenters. The first-order chi connectivity index (χ1) is 32.5. The normalized spacial score (nSPS) is 26.1. The summed E-state index contributed by atoms with van der Waals surface area (Å²) in [6, 6.07) is 0. The number of esters is 2. The summed E-state index contributed by atoms with van der Waals surface area (Å²) in [5.41, 5.74) is 0. The second-order valence-electron chi connectivity index (χ2n) is 18.7. The lowest BCUT2D eigenvalue weighted by molar-refractivity contribution is -0.332. The quantitative estimate of drug-likeness (QED) is 0.0178. The van der Waals surface area contributed by atoms with Crippen LogP contribution < -0.4 is 0 Å². The first-order valence-electron chi connectivity index (χ1n) is 26.4. The van der Waals surface area contributed by atoms with Crippen LogP contribution in [0.4, 0.5) is 0 Å². The van der Waals surface area contributed by atoms with Crippen molar-refractivity contribution in [1.82, 2.24) is 0 Å². The first kappa shape index (κ1) is 61.1. The average Bonchev–Trinajstić information content (AvgIpc) is 3.32. The maximum atomic E-state index is 12.9. The number of hydrogen-bond acceptors (Lipinski definition) is 15. The van der Waals surface area contributed by atoms with Gasteiger partial charge >= 0.3 is 11.9 Å². The van der Waals surface area contributed by atoms with Crippen molar-refractivity contribution >= 4 is 11.9 Å². The molecule has 0 radical (unpaired) electrons. The third kappa shape index (κ3) is 27.8. The molecule has 392 valence electrons. The highest BCUT2D eigenvalue weighted by Crippen LogP contribution is 2.26. The van der Waals surface area contributed by atoms with Crippen LogP contribution in [0.3, 0.4) is 0 Å². The van der Waals surface area contributed by atoms with Crippen molar-refractivity contribution < 1.29 is 73.8 Å². The van der Waals surface area contributed by atoms with Crippen LogP contribution in [-0.2, 0) is 38.0 Å². The fourth-order valence-electron chi connectivity index (χ4n) is 8.33. The van der Waals surface area contributed by atoms with Crippen LogP contribution in [0.1, 0.15) is 200 Å². The molecule has 2 heterocycles. The molecule has 2 rings (SSSR count). The Bertz CT molecular complexity index is 1270. The summed E-state index contributed by atoms with van der Waals surface area (Å²) in [4.78, 5) is 25.7. The van der Waals surface area contributed by atoms with Gasteiger partial charge in [-0.05, 0) is 32.1 Å². The molecule has 0 spiro atoms. The number of allylic oxidation sites excluding steroid dienone is 4. The molecule has 7 N–H and O–H groups in total. The SMILES string of the molecule is CCCCCCCC/C=C/C/C=C/CCC(=O)OC(COC(=O)CCCCCCCCCCCCCCCCCCCC)CO[C@@H]1O[C@H](CO[C@@H]2O[C@H](CO)[C@H](O)C(O)C2O)[C@H](O)C(O)C1O. The van der Waals surface area contributed by atoms with Gasteiger partial charge in [0, 0.05) is 12.8 Å². The number of aliphatic hydroxyl groups is 7. The number of ether oxygens (including phenoxy) is 6. The Hall–Kier alpha value is -2.02. The number of aliphatic hydroxyl groups excluding tert-OH is 7. The number of unbranched alkanes of at least 4 members (excludes halogenated alkanes) is 23.